The first-order valence-electron chi connectivity index (χ1n) is 5.50. The van der Waals surface area contributed by atoms with E-state index in [0.717, 1.165) is 11.6 Å². The summed E-state index contributed by atoms with van der Waals surface area (Å²) in [6.07, 6.45) is 3.74. The molecule has 0 bridgehead atoms. The van der Waals surface area contributed by atoms with Gasteiger partial charge >= 0.3 is 0 Å². The SMILES string of the molecule is Cc1cccc(C)c1N=C1OC=CC1(C)C. The topological polar surface area (TPSA) is 21.6 Å². The van der Waals surface area contributed by atoms with E-state index in [1.165, 1.54) is 11.1 Å². The molecule has 0 N–H and O–H groups in total. The van der Waals surface area contributed by atoms with Crippen LogP contribution in [0.3, 0.4) is 0 Å². The molecular weight excluding hydrogens is 198 g/mol. The molecule has 1 aliphatic heterocycles. The summed E-state index contributed by atoms with van der Waals surface area (Å²) in [6, 6.07) is 6.19. The van der Waals surface area contributed by atoms with Crippen LogP contribution in [0.25, 0.3) is 0 Å². The number of hydrogen-bond acceptors (Lipinski definition) is 2. The molecule has 0 fully saturated rings. The van der Waals surface area contributed by atoms with Crippen molar-refractivity contribution in [2.75, 3.05) is 0 Å². The highest BCUT2D eigenvalue weighted by molar-refractivity contribution is 5.89. The van der Waals surface area contributed by atoms with Gasteiger partial charge in [-0.05, 0) is 44.9 Å². The van der Waals surface area contributed by atoms with Gasteiger partial charge in [0.1, 0.15) is 0 Å². The van der Waals surface area contributed by atoms with E-state index in [2.05, 4.69) is 44.8 Å². The number of nitrogens with zero attached hydrogens (tertiary/aromatic N) is 1. The van der Waals surface area contributed by atoms with Crippen molar-refractivity contribution in [1.29, 1.82) is 0 Å². The summed E-state index contributed by atoms with van der Waals surface area (Å²) in [5.74, 6) is 0.768. The lowest BCUT2D eigenvalue weighted by molar-refractivity contribution is 0.450. The fraction of sp³-hybridized carbons (Fsp3) is 0.357. The average Bonchev–Trinajstić information content (AvgIpc) is 2.52. The summed E-state index contributed by atoms with van der Waals surface area (Å²) in [5, 5.41) is 0. The quantitative estimate of drug-likeness (QED) is 0.696. The molecule has 0 unspecified atom stereocenters. The van der Waals surface area contributed by atoms with Crippen LogP contribution in [0.4, 0.5) is 5.69 Å². The second kappa shape index (κ2) is 3.78. The lowest BCUT2D eigenvalue weighted by Crippen LogP contribution is -2.17. The van der Waals surface area contributed by atoms with Gasteiger partial charge in [0.2, 0.25) is 5.90 Å². The number of ether oxygens (including phenoxy) is 1. The lowest BCUT2D eigenvalue weighted by Gasteiger charge is -2.15. The van der Waals surface area contributed by atoms with Gasteiger partial charge in [0.05, 0.1) is 17.4 Å². The van der Waals surface area contributed by atoms with E-state index in [9.17, 15) is 0 Å². The second-order valence-corrected chi connectivity index (χ2v) is 4.80. The minimum absolute atomic E-state index is 0.102. The first-order valence-corrected chi connectivity index (χ1v) is 5.50. The minimum atomic E-state index is -0.102. The van der Waals surface area contributed by atoms with Crippen LogP contribution in [0.15, 0.2) is 35.5 Å². The first kappa shape index (κ1) is 10.9. The summed E-state index contributed by atoms with van der Waals surface area (Å²) in [6.45, 7) is 8.34. The normalized spacial score (nSPS) is 20.1. The Morgan fingerprint density at radius 3 is 2.25 bits per heavy atom. The fourth-order valence-electron chi connectivity index (χ4n) is 1.75. The summed E-state index contributed by atoms with van der Waals surface area (Å²) < 4.78 is 5.45. The molecule has 2 nitrogen and oxygen atoms in total. The van der Waals surface area contributed by atoms with E-state index in [4.69, 9.17) is 4.74 Å². The van der Waals surface area contributed by atoms with E-state index < -0.39 is 0 Å². The van der Waals surface area contributed by atoms with Crippen LogP contribution < -0.4 is 0 Å². The molecule has 1 aromatic carbocycles. The van der Waals surface area contributed by atoms with Crippen LogP contribution in [-0.4, -0.2) is 5.90 Å². The molecule has 16 heavy (non-hydrogen) atoms. The molecule has 0 saturated heterocycles. The molecule has 0 aromatic heterocycles. The molecule has 0 amide bonds. The maximum Gasteiger partial charge on any atom is 0.203 e. The maximum atomic E-state index is 5.45. The van der Waals surface area contributed by atoms with E-state index in [-0.39, 0.29) is 5.41 Å². The van der Waals surface area contributed by atoms with E-state index >= 15 is 0 Å². The smallest absolute Gasteiger partial charge is 0.203 e. The number of benzene rings is 1. The Bertz CT molecular complexity index is 449. The fourth-order valence-corrected chi connectivity index (χ4v) is 1.75. The van der Waals surface area contributed by atoms with Crippen molar-refractivity contribution in [3.05, 3.63) is 41.7 Å². The molecule has 2 rings (SSSR count). The van der Waals surface area contributed by atoms with E-state index in [1.807, 2.05) is 12.1 Å². The molecule has 1 heterocycles. The summed E-state index contributed by atoms with van der Waals surface area (Å²) >= 11 is 0. The number of rotatable bonds is 1. The monoisotopic (exact) mass is 215 g/mol. The summed E-state index contributed by atoms with van der Waals surface area (Å²) in [7, 11) is 0. The van der Waals surface area contributed by atoms with Gasteiger partial charge in [0, 0.05) is 0 Å². The Kier molecular flexibility index (Phi) is 2.58. The molecule has 0 spiro atoms. The molecule has 0 saturated carbocycles. The van der Waals surface area contributed by atoms with Crippen LogP contribution in [-0.2, 0) is 4.74 Å². The van der Waals surface area contributed by atoms with Gasteiger partial charge in [-0.25, -0.2) is 4.99 Å². The van der Waals surface area contributed by atoms with E-state index in [0.29, 0.717) is 0 Å². The van der Waals surface area contributed by atoms with Crippen molar-refractivity contribution < 1.29 is 4.74 Å². The number of hydrogen-bond donors (Lipinski definition) is 0. The average molecular weight is 215 g/mol. The minimum Gasteiger partial charge on any atom is -0.450 e. The van der Waals surface area contributed by atoms with Crippen molar-refractivity contribution in [2.24, 2.45) is 10.4 Å². The third-order valence-corrected chi connectivity index (χ3v) is 2.87. The largest absolute Gasteiger partial charge is 0.450 e. The second-order valence-electron chi connectivity index (χ2n) is 4.80. The van der Waals surface area contributed by atoms with Gasteiger partial charge in [0.25, 0.3) is 0 Å². The van der Waals surface area contributed by atoms with Crippen molar-refractivity contribution >= 4 is 11.6 Å². The van der Waals surface area contributed by atoms with Crippen LogP contribution in [0.5, 0.6) is 0 Å². The van der Waals surface area contributed by atoms with Gasteiger partial charge in [-0.15, -0.1) is 0 Å². The Balaban J connectivity index is 2.45. The predicted octanol–water partition coefficient (Wildman–Crippen LogP) is 3.90. The van der Waals surface area contributed by atoms with E-state index in [1.54, 1.807) is 6.26 Å². The zero-order valence-corrected chi connectivity index (χ0v) is 10.2. The molecule has 0 aliphatic carbocycles. The Morgan fingerprint density at radius 2 is 1.75 bits per heavy atom. The molecular formula is C14H17NO. The predicted molar refractivity (Wildman–Crippen MR) is 67.0 cm³/mol. The van der Waals surface area contributed by atoms with Crippen molar-refractivity contribution in [3.63, 3.8) is 0 Å². The standard InChI is InChI=1S/C14H17NO/c1-10-6-5-7-11(2)12(10)15-13-14(3,4)8-9-16-13/h5-9H,1-4H3. The van der Waals surface area contributed by atoms with Crippen molar-refractivity contribution in [1.82, 2.24) is 0 Å². The zero-order chi connectivity index (χ0) is 11.8. The first-order chi connectivity index (χ1) is 7.50. The van der Waals surface area contributed by atoms with Gasteiger partial charge in [-0.1, -0.05) is 18.2 Å². The van der Waals surface area contributed by atoms with Gasteiger partial charge in [-0.3, -0.25) is 0 Å². The van der Waals surface area contributed by atoms with Crippen molar-refractivity contribution in [2.45, 2.75) is 27.7 Å². The molecule has 1 aliphatic rings. The Morgan fingerprint density at radius 1 is 1.12 bits per heavy atom. The Labute approximate surface area is 96.7 Å². The van der Waals surface area contributed by atoms with Crippen LogP contribution >= 0.6 is 0 Å². The molecule has 2 heteroatoms. The summed E-state index contributed by atoms with van der Waals surface area (Å²) in [5.41, 5.74) is 3.28. The van der Waals surface area contributed by atoms with Gasteiger partial charge in [0.15, 0.2) is 0 Å². The molecule has 0 radical (unpaired) electrons. The highest BCUT2D eigenvalue weighted by atomic mass is 16.5. The van der Waals surface area contributed by atoms with Crippen LogP contribution in [0.1, 0.15) is 25.0 Å². The number of aliphatic imine (C=N–C) groups is 1. The third-order valence-electron chi connectivity index (χ3n) is 2.87. The van der Waals surface area contributed by atoms with Crippen LogP contribution in [0.2, 0.25) is 0 Å². The highest BCUT2D eigenvalue weighted by Gasteiger charge is 2.28. The highest BCUT2D eigenvalue weighted by Crippen LogP contribution is 2.31. The lowest BCUT2D eigenvalue weighted by atomic mass is 9.95. The summed E-state index contributed by atoms with van der Waals surface area (Å²) in [4.78, 5) is 4.64. The number of para-hydroxylation sites is 1. The number of aryl methyl sites for hydroxylation is 2. The van der Waals surface area contributed by atoms with Gasteiger partial charge < -0.3 is 4.74 Å². The molecule has 0 atom stereocenters. The maximum absolute atomic E-state index is 5.45. The van der Waals surface area contributed by atoms with Crippen LogP contribution in [0, 0.1) is 19.3 Å². The Hall–Kier alpha value is -1.57. The van der Waals surface area contributed by atoms with Gasteiger partial charge in [-0.2, -0.15) is 0 Å². The third kappa shape index (κ3) is 1.87. The zero-order valence-electron chi connectivity index (χ0n) is 10.2. The van der Waals surface area contributed by atoms with Crippen molar-refractivity contribution in [3.8, 4) is 0 Å². The molecule has 84 valence electrons. The molecule has 1 aromatic rings.